The van der Waals surface area contributed by atoms with Crippen LogP contribution >= 0.6 is 0 Å². The normalized spacial score (nSPS) is 15.0. The fourth-order valence-corrected chi connectivity index (χ4v) is 5.93. The Balaban J connectivity index is 7.14. The average molecular weight is 762 g/mol. The fourth-order valence-electron chi connectivity index (χ4n) is 1.53. The Morgan fingerprint density at radius 2 is 0.550 bits per heavy atom. The van der Waals surface area contributed by atoms with Crippen LogP contribution in [0, 0.1) is 36.8 Å². The van der Waals surface area contributed by atoms with E-state index in [1.54, 1.807) is 0 Å². The quantitative estimate of drug-likeness (QED) is 0.160. The van der Waals surface area contributed by atoms with Gasteiger partial charge in [-0.05, 0) is 0 Å². The summed E-state index contributed by atoms with van der Waals surface area (Å²) in [5.41, 5.74) is 0. The van der Waals surface area contributed by atoms with Gasteiger partial charge in [0, 0.05) is 0 Å². The van der Waals surface area contributed by atoms with Crippen molar-refractivity contribution in [2.75, 3.05) is 0 Å². The molecule has 0 aliphatic heterocycles. The van der Waals surface area contributed by atoms with E-state index in [-0.39, 0.29) is 0 Å². The van der Waals surface area contributed by atoms with E-state index in [9.17, 15) is 93.4 Å². The zero-order chi connectivity index (χ0) is 32.3. The molecule has 0 atom stereocenters. The van der Waals surface area contributed by atoms with Gasteiger partial charge >= 0.3 is 223 Å². The molecular weight excluding hydrogens is 759 g/mol. The van der Waals surface area contributed by atoms with E-state index in [2.05, 4.69) is 3.02 Å². The molecule has 0 bridgehead atoms. The monoisotopic (exact) mass is 762 g/mol. The van der Waals surface area contributed by atoms with Crippen LogP contribution in [0.3, 0.4) is 0 Å². The van der Waals surface area contributed by atoms with E-state index in [0.717, 1.165) is 0 Å². The molecule has 40 heavy (non-hydrogen) atoms. The summed E-state index contributed by atoms with van der Waals surface area (Å²) in [5.74, 6) is -20.9. The third kappa shape index (κ3) is 12.9. The first-order valence-electron chi connectivity index (χ1n) is 8.57. The van der Waals surface area contributed by atoms with Gasteiger partial charge in [-0.3, -0.25) is 0 Å². The zero-order valence-corrected chi connectivity index (χ0v) is 21.3. The first-order chi connectivity index (χ1) is 17.4. The number of carbonyl (C=O) groups is 3. The predicted molar refractivity (Wildman–Crippen MR) is 78.9 cm³/mol. The van der Waals surface area contributed by atoms with Crippen molar-refractivity contribution in [2.45, 2.75) is 37.1 Å². The molecule has 0 radical (unpaired) electrons. The maximum atomic E-state index is 13.0. The average Bonchev–Trinajstić information content (AvgIpc) is 2.67. The zero-order valence-electron chi connectivity index (χ0n) is 17.6. The van der Waals surface area contributed by atoms with Crippen molar-refractivity contribution >= 4 is 17.3 Å². The molecule has 0 amide bonds. The van der Waals surface area contributed by atoms with Gasteiger partial charge in [-0.15, -0.1) is 0 Å². The first kappa shape index (κ1) is 37.7. The summed E-state index contributed by atoms with van der Waals surface area (Å²) in [6.07, 6.45) is -42.8. The molecule has 0 aromatic heterocycles. The number of ketones is 3. The van der Waals surface area contributed by atoms with Gasteiger partial charge in [-0.1, -0.05) is 0 Å². The molecule has 0 aromatic carbocycles. The van der Waals surface area contributed by atoms with E-state index in [1.807, 2.05) is 0 Å². The minimum atomic E-state index is -7.57. The maximum absolute atomic E-state index is 13.0. The van der Waals surface area contributed by atoms with Crippen LogP contribution in [0.25, 0.3) is 0 Å². The van der Waals surface area contributed by atoms with Crippen LogP contribution < -0.4 is 0 Å². The second kappa shape index (κ2) is 12.7. The summed E-state index contributed by atoms with van der Waals surface area (Å²) >= 11 is -7.57. The number of alkyl halides is 18. The molecule has 0 heterocycles. The Hall–Kier alpha value is -2.27. The summed E-state index contributed by atoms with van der Waals surface area (Å²) in [5, 5.41) is 0. The Labute approximate surface area is 222 Å². The van der Waals surface area contributed by atoms with Crippen molar-refractivity contribution < 1.29 is 133 Å². The first-order valence-corrected chi connectivity index (χ1v) is 13.1. The van der Waals surface area contributed by atoms with Crippen LogP contribution in [0.2, 0.25) is 0 Å². The van der Waals surface area contributed by atoms with Crippen LogP contribution in [-0.4, -0.2) is 54.4 Å². The van der Waals surface area contributed by atoms with Crippen LogP contribution in [0.4, 0.5) is 79.0 Å². The SMILES string of the molecule is O=C(/C=C(\[O][Pr]([O]/C(=C\C(=O)C(F)(F)F)C(F)(F)F)[O]/C(=C\C(=O)C(F)(F)F)C(F)(F)F)C(F)(F)F)C(F)(F)F. The second-order valence-corrected chi connectivity index (χ2v) is 10.4. The summed E-state index contributed by atoms with van der Waals surface area (Å²) < 4.78 is 238. The summed E-state index contributed by atoms with van der Waals surface area (Å²) in [4.78, 5) is 32.5. The number of carbonyl (C=O) groups excluding carboxylic acids is 3. The van der Waals surface area contributed by atoms with Gasteiger partial charge in [-0.2, -0.15) is 0 Å². The van der Waals surface area contributed by atoms with Gasteiger partial charge in [0.05, 0.1) is 0 Å². The van der Waals surface area contributed by atoms with Gasteiger partial charge < -0.3 is 0 Å². The van der Waals surface area contributed by atoms with Crippen molar-refractivity contribution in [1.82, 2.24) is 0 Å². The molecule has 25 heteroatoms. The molecule has 228 valence electrons. The van der Waals surface area contributed by atoms with Crippen molar-refractivity contribution in [2.24, 2.45) is 0 Å². The van der Waals surface area contributed by atoms with Crippen LogP contribution in [-0.2, 0) is 17.4 Å². The van der Waals surface area contributed by atoms with Crippen LogP contribution in [0.1, 0.15) is 0 Å². The molecule has 0 N–H and O–H groups in total. The Bertz CT molecular complexity index is 917. The summed E-state index contributed by atoms with van der Waals surface area (Å²) in [7, 11) is 0. The van der Waals surface area contributed by atoms with E-state index in [0.29, 0.717) is 0 Å². The molecule has 0 spiro atoms. The van der Waals surface area contributed by atoms with Crippen molar-refractivity contribution in [1.29, 1.82) is 0 Å². The number of hydrogen-bond donors (Lipinski definition) is 0. The standard InChI is InChI=1S/3C5H2F6O2.Pr/c3*6-4(7,8)2(12)1-3(13)5(9,10)11;/h3*1,12H;/q;;;+3/p-3/b3*2-1-;. The second-order valence-electron chi connectivity index (χ2n) is 6.25. The molecule has 0 fully saturated rings. The summed E-state index contributed by atoms with van der Waals surface area (Å²) in [6.45, 7) is 0. The van der Waals surface area contributed by atoms with E-state index < -0.39 is 127 Å². The van der Waals surface area contributed by atoms with Crippen molar-refractivity contribution in [3.05, 3.63) is 35.5 Å². The third-order valence-corrected chi connectivity index (χ3v) is 7.43. The van der Waals surface area contributed by atoms with E-state index >= 15 is 0 Å². The molecule has 0 aliphatic rings. The number of allylic oxidation sites excluding steroid dienone is 6. The van der Waals surface area contributed by atoms with Crippen LogP contribution in [0.15, 0.2) is 35.5 Å². The Morgan fingerprint density at radius 3 is 0.675 bits per heavy atom. The molecule has 0 unspecified atom stereocenters. The van der Waals surface area contributed by atoms with Gasteiger partial charge in [0.15, 0.2) is 0 Å². The molecule has 6 nitrogen and oxygen atoms in total. The molecule has 0 saturated carbocycles. The number of rotatable bonds is 9. The number of halogens is 18. The summed E-state index contributed by atoms with van der Waals surface area (Å²) in [6, 6.07) is 0. The molecule has 0 aromatic rings. The molecular formula is C15H3F18O6Pr. The van der Waals surface area contributed by atoms with Crippen molar-refractivity contribution in [3.8, 4) is 0 Å². The van der Waals surface area contributed by atoms with E-state index in [4.69, 9.17) is 0 Å². The molecule has 0 aliphatic carbocycles. The Morgan fingerprint density at radius 1 is 0.375 bits per heavy atom. The minimum absolute atomic E-state index is 1.63. The van der Waals surface area contributed by atoms with E-state index in [1.165, 1.54) is 0 Å². The van der Waals surface area contributed by atoms with Crippen LogP contribution in [0.5, 0.6) is 0 Å². The topological polar surface area (TPSA) is 78.9 Å². The van der Waals surface area contributed by atoms with Crippen molar-refractivity contribution in [3.63, 3.8) is 0 Å². The third-order valence-electron chi connectivity index (χ3n) is 3.13. The molecule has 0 saturated heterocycles. The van der Waals surface area contributed by atoms with Gasteiger partial charge in [0.2, 0.25) is 0 Å². The van der Waals surface area contributed by atoms with Gasteiger partial charge in [-0.25, -0.2) is 0 Å². The van der Waals surface area contributed by atoms with Gasteiger partial charge in [0.25, 0.3) is 0 Å². The fraction of sp³-hybridized carbons (Fsp3) is 0.400. The number of hydrogen-bond acceptors (Lipinski definition) is 6. The molecule has 0 rings (SSSR count). The predicted octanol–water partition coefficient (Wildman–Crippen LogP) is 6.13. The Kier molecular flexibility index (Phi) is 12.0. The van der Waals surface area contributed by atoms with Gasteiger partial charge in [0.1, 0.15) is 0 Å².